The number of hydrogen-bond acceptors (Lipinski definition) is 3. The van der Waals surface area contributed by atoms with E-state index in [1.807, 2.05) is 0 Å². The largest absolute Gasteiger partial charge is 0.501 e. The number of nitrogens with one attached hydrogen (secondary N) is 1. The molecule has 1 aromatic heterocycles. The van der Waals surface area contributed by atoms with Crippen LogP contribution in [0, 0.1) is 17.1 Å². The second kappa shape index (κ2) is 3.10. The Morgan fingerprint density at radius 1 is 1.47 bits per heavy atom. The number of nitriles is 1. The molecule has 5 heteroatoms. The minimum Gasteiger partial charge on any atom is -0.501 e. The molecule has 0 aliphatic rings. The van der Waals surface area contributed by atoms with Crippen LogP contribution in [0.4, 0.5) is 4.39 Å². The van der Waals surface area contributed by atoms with Crippen LogP contribution in [0.3, 0.4) is 0 Å². The van der Waals surface area contributed by atoms with Gasteiger partial charge < -0.3 is 10.1 Å². The van der Waals surface area contributed by atoms with Crippen molar-refractivity contribution in [2.45, 2.75) is 0 Å². The summed E-state index contributed by atoms with van der Waals surface area (Å²) >= 11 is 0. The number of aromatic amines is 1. The van der Waals surface area contributed by atoms with Crippen molar-refractivity contribution in [2.24, 2.45) is 0 Å². The van der Waals surface area contributed by atoms with Gasteiger partial charge in [0.05, 0.1) is 22.5 Å². The van der Waals surface area contributed by atoms with Gasteiger partial charge >= 0.3 is 0 Å². The number of halogens is 1. The van der Waals surface area contributed by atoms with Gasteiger partial charge in [-0.05, 0) is 12.1 Å². The Morgan fingerprint density at radius 3 is 2.87 bits per heavy atom. The van der Waals surface area contributed by atoms with E-state index in [0.717, 1.165) is 0 Å². The molecule has 0 bridgehead atoms. The first-order valence-electron chi connectivity index (χ1n) is 4.08. The van der Waals surface area contributed by atoms with Crippen molar-refractivity contribution < 1.29 is 9.50 Å². The number of aromatic hydroxyl groups is 1. The zero-order chi connectivity index (χ0) is 11.0. The molecule has 0 radical (unpaired) electrons. The molecular weight excluding hydrogens is 199 g/mol. The highest BCUT2D eigenvalue weighted by atomic mass is 19.1. The number of H-pyrrole nitrogens is 1. The maximum absolute atomic E-state index is 13.5. The van der Waals surface area contributed by atoms with Crippen molar-refractivity contribution >= 4 is 10.9 Å². The predicted octanol–water partition coefficient (Wildman–Crippen LogP) is 1.24. The van der Waals surface area contributed by atoms with E-state index >= 15 is 0 Å². The first-order valence-corrected chi connectivity index (χ1v) is 4.08. The van der Waals surface area contributed by atoms with Crippen LogP contribution in [0.2, 0.25) is 0 Å². The molecule has 1 aromatic carbocycles. The van der Waals surface area contributed by atoms with Gasteiger partial charge in [-0.25, -0.2) is 4.39 Å². The average Bonchev–Trinajstić information content (AvgIpc) is 2.25. The fourth-order valence-electron chi connectivity index (χ4n) is 1.39. The molecule has 0 aliphatic carbocycles. The Morgan fingerprint density at radius 2 is 2.20 bits per heavy atom. The molecule has 0 saturated heterocycles. The number of rotatable bonds is 0. The van der Waals surface area contributed by atoms with E-state index in [4.69, 9.17) is 10.4 Å². The highest BCUT2D eigenvalue weighted by Crippen LogP contribution is 2.23. The van der Waals surface area contributed by atoms with Crippen molar-refractivity contribution in [1.82, 2.24) is 4.98 Å². The zero-order valence-electron chi connectivity index (χ0n) is 7.41. The van der Waals surface area contributed by atoms with Gasteiger partial charge in [-0.15, -0.1) is 0 Å². The Bertz CT molecular complexity index is 640. The van der Waals surface area contributed by atoms with E-state index in [1.54, 1.807) is 6.07 Å². The predicted molar refractivity (Wildman–Crippen MR) is 50.9 cm³/mol. The van der Waals surface area contributed by atoms with Crippen LogP contribution in [0.15, 0.2) is 23.0 Å². The standard InChI is InChI=1S/C10H5FN2O2/c11-8-7-5(4-12)2-1-3-6(7)13-10(15)9(8)14/h1-3,14H,(H,13,15). The van der Waals surface area contributed by atoms with E-state index in [2.05, 4.69) is 4.98 Å². The van der Waals surface area contributed by atoms with Crippen molar-refractivity contribution in [1.29, 1.82) is 5.26 Å². The van der Waals surface area contributed by atoms with Crippen LogP contribution in [-0.4, -0.2) is 10.1 Å². The van der Waals surface area contributed by atoms with Crippen LogP contribution in [0.25, 0.3) is 10.9 Å². The smallest absolute Gasteiger partial charge is 0.293 e. The van der Waals surface area contributed by atoms with Crippen molar-refractivity contribution in [3.05, 3.63) is 39.9 Å². The van der Waals surface area contributed by atoms with Gasteiger partial charge in [0.15, 0.2) is 5.82 Å². The molecule has 2 N–H and O–H groups in total. The highest BCUT2D eigenvalue weighted by molar-refractivity contribution is 5.86. The Labute approximate surface area is 83.2 Å². The molecule has 2 aromatic rings. The molecule has 0 unspecified atom stereocenters. The molecular formula is C10H5FN2O2. The van der Waals surface area contributed by atoms with Crippen LogP contribution in [0.5, 0.6) is 5.75 Å². The lowest BCUT2D eigenvalue weighted by Crippen LogP contribution is -2.07. The summed E-state index contributed by atoms with van der Waals surface area (Å²) in [5, 5.41) is 17.8. The van der Waals surface area contributed by atoms with Gasteiger partial charge in [-0.1, -0.05) is 6.07 Å². The summed E-state index contributed by atoms with van der Waals surface area (Å²) in [6, 6.07) is 6.17. The van der Waals surface area contributed by atoms with Gasteiger partial charge in [-0.2, -0.15) is 5.26 Å². The maximum atomic E-state index is 13.5. The number of fused-ring (bicyclic) bond motifs is 1. The molecule has 0 fully saturated rings. The van der Waals surface area contributed by atoms with E-state index < -0.39 is 17.1 Å². The topological polar surface area (TPSA) is 76.9 Å². The molecule has 74 valence electrons. The van der Waals surface area contributed by atoms with Crippen LogP contribution < -0.4 is 5.56 Å². The fourth-order valence-corrected chi connectivity index (χ4v) is 1.39. The summed E-state index contributed by atoms with van der Waals surface area (Å²) in [4.78, 5) is 13.3. The van der Waals surface area contributed by atoms with Gasteiger partial charge in [0.1, 0.15) is 0 Å². The fraction of sp³-hybridized carbons (Fsp3) is 0. The highest BCUT2D eigenvalue weighted by Gasteiger charge is 2.13. The number of benzene rings is 1. The number of pyridine rings is 1. The maximum Gasteiger partial charge on any atom is 0.293 e. The average molecular weight is 204 g/mol. The lowest BCUT2D eigenvalue weighted by Gasteiger charge is -2.02. The Kier molecular flexibility index (Phi) is 1.90. The van der Waals surface area contributed by atoms with E-state index in [9.17, 15) is 9.18 Å². The van der Waals surface area contributed by atoms with Gasteiger partial charge in [0.2, 0.25) is 5.75 Å². The molecule has 15 heavy (non-hydrogen) atoms. The summed E-state index contributed by atoms with van der Waals surface area (Å²) in [7, 11) is 0. The number of aromatic nitrogens is 1. The molecule has 1 heterocycles. The quantitative estimate of drug-likeness (QED) is 0.677. The third kappa shape index (κ3) is 1.23. The van der Waals surface area contributed by atoms with Crippen molar-refractivity contribution in [3.63, 3.8) is 0 Å². The second-order valence-electron chi connectivity index (χ2n) is 2.96. The van der Waals surface area contributed by atoms with E-state index in [1.165, 1.54) is 18.2 Å². The van der Waals surface area contributed by atoms with Crippen molar-refractivity contribution in [3.8, 4) is 11.8 Å². The molecule has 0 spiro atoms. The molecule has 4 nitrogen and oxygen atoms in total. The first-order chi connectivity index (χ1) is 7.15. The van der Waals surface area contributed by atoms with Crippen LogP contribution >= 0.6 is 0 Å². The lowest BCUT2D eigenvalue weighted by molar-refractivity contribution is 0.428. The summed E-state index contributed by atoms with van der Waals surface area (Å²) in [6.45, 7) is 0. The van der Waals surface area contributed by atoms with E-state index in [-0.39, 0.29) is 16.5 Å². The number of nitrogens with zero attached hydrogens (tertiary/aromatic N) is 1. The Hall–Kier alpha value is -2.35. The molecule has 0 saturated carbocycles. The van der Waals surface area contributed by atoms with Gasteiger partial charge in [-0.3, -0.25) is 4.79 Å². The lowest BCUT2D eigenvalue weighted by atomic mass is 10.1. The minimum absolute atomic E-state index is 0.0663. The van der Waals surface area contributed by atoms with Gasteiger partial charge in [0.25, 0.3) is 5.56 Å². The monoisotopic (exact) mass is 204 g/mol. The third-order valence-electron chi connectivity index (χ3n) is 2.08. The van der Waals surface area contributed by atoms with Crippen molar-refractivity contribution in [2.75, 3.05) is 0 Å². The van der Waals surface area contributed by atoms with Crippen LogP contribution in [0.1, 0.15) is 5.56 Å². The number of hydrogen-bond donors (Lipinski definition) is 2. The first kappa shape index (κ1) is 9.21. The summed E-state index contributed by atoms with van der Waals surface area (Å²) in [6.07, 6.45) is 0. The van der Waals surface area contributed by atoms with E-state index in [0.29, 0.717) is 0 Å². The Balaban J connectivity index is 3.08. The minimum atomic E-state index is -1.06. The molecule has 0 aliphatic heterocycles. The summed E-state index contributed by atoms with van der Waals surface area (Å²) in [5.41, 5.74) is -0.652. The molecule has 0 atom stereocenters. The van der Waals surface area contributed by atoms with Gasteiger partial charge in [0, 0.05) is 0 Å². The summed E-state index contributed by atoms with van der Waals surface area (Å²) < 4.78 is 13.5. The second-order valence-corrected chi connectivity index (χ2v) is 2.96. The summed E-state index contributed by atoms with van der Waals surface area (Å²) in [5.74, 6) is -2.06. The van der Waals surface area contributed by atoms with Crippen LogP contribution in [-0.2, 0) is 0 Å². The molecule has 2 rings (SSSR count). The SMILES string of the molecule is N#Cc1cccc2[nH]c(=O)c(O)c(F)c12. The molecule has 0 amide bonds. The normalized spacial score (nSPS) is 10.1. The zero-order valence-corrected chi connectivity index (χ0v) is 7.41. The third-order valence-corrected chi connectivity index (χ3v) is 2.08.